The molecule has 1 fully saturated rings. The van der Waals surface area contributed by atoms with E-state index in [1.165, 1.54) is 12.0 Å². The average molecular weight is 264 g/mol. The zero-order valence-corrected chi connectivity index (χ0v) is 12.9. The molecule has 1 saturated heterocycles. The molecule has 0 spiro atoms. The number of rotatable bonds is 3. The number of hydrogen-bond donors (Lipinski definition) is 1. The Morgan fingerprint density at radius 1 is 1.42 bits per heavy atom. The molecular formula is C15H28N4. The summed E-state index contributed by atoms with van der Waals surface area (Å²) in [4.78, 5) is 2.59. The Morgan fingerprint density at radius 3 is 2.63 bits per heavy atom. The van der Waals surface area contributed by atoms with Crippen molar-refractivity contribution in [3.8, 4) is 0 Å². The quantitative estimate of drug-likeness (QED) is 0.909. The molecule has 1 aromatic heterocycles. The van der Waals surface area contributed by atoms with Crippen molar-refractivity contribution in [2.45, 2.75) is 46.2 Å². The molecule has 0 bridgehead atoms. The molecule has 4 nitrogen and oxygen atoms in total. The third-order valence-electron chi connectivity index (χ3n) is 4.68. The first-order valence-electron chi connectivity index (χ1n) is 7.40. The first kappa shape index (κ1) is 14.5. The molecule has 0 amide bonds. The summed E-state index contributed by atoms with van der Waals surface area (Å²) < 4.78 is 1.90. The molecule has 2 heterocycles. The van der Waals surface area contributed by atoms with Gasteiger partial charge in [0.1, 0.15) is 0 Å². The van der Waals surface area contributed by atoms with Gasteiger partial charge in [-0.05, 0) is 32.1 Å². The van der Waals surface area contributed by atoms with Gasteiger partial charge in [0.2, 0.25) is 0 Å². The number of likely N-dealkylation sites (tertiary alicyclic amines) is 1. The standard InChI is InChI=1S/C15H28N4/c1-10-6-11(2)13(4)19(8-10)15(7-16)14-9-18(5)17-12(14)3/h9-11,13,15H,6-8,16H2,1-5H3. The maximum atomic E-state index is 6.09. The summed E-state index contributed by atoms with van der Waals surface area (Å²) in [7, 11) is 1.98. The van der Waals surface area contributed by atoms with Crippen molar-refractivity contribution < 1.29 is 0 Å². The predicted molar refractivity (Wildman–Crippen MR) is 78.9 cm³/mol. The summed E-state index contributed by atoms with van der Waals surface area (Å²) in [6.07, 6.45) is 3.45. The highest BCUT2D eigenvalue weighted by molar-refractivity contribution is 5.21. The van der Waals surface area contributed by atoms with Crippen molar-refractivity contribution in [1.29, 1.82) is 0 Å². The van der Waals surface area contributed by atoms with Crippen LogP contribution in [-0.2, 0) is 7.05 Å². The lowest BCUT2D eigenvalue weighted by molar-refractivity contribution is 0.0422. The maximum Gasteiger partial charge on any atom is 0.0641 e. The smallest absolute Gasteiger partial charge is 0.0641 e. The number of hydrogen-bond acceptors (Lipinski definition) is 3. The Morgan fingerprint density at radius 2 is 2.11 bits per heavy atom. The van der Waals surface area contributed by atoms with Gasteiger partial charge in [-0.25, -0.2) is 0 Å². The van der Waals surface area contributed by atoms with Crippen LogP contribution in [0.1, 0.15) is 44.5 Å². The van der Waals surface area contributed by atoms with Gasteiger partial charge in [0.25, 0.3) is 0 Å². The molecule has 4 unspecified atom stereocenters. The molecular weight excluding hydrogens is 236 g/mol. The minimum absolute atomic E-state index is 0.300. The maximum absolute atomic E-state index is 6.09. The van der Waals surface area contributed by atoms with Crippen molar-refractivity contribution in [2.24, 2.45) is 24.6 Å². The van der Waals surface area contributed by atoms with Crippen LogP contribution in [0.15, 0.2) is 6.20 Å². The monoisotopic (exact) mass is 264 g/mol. The highest BCUT2D eigenvalue weighted by Crippen LogP contribution is 2.34. The number of piperidine rings is 1. The number of nitrogens with zero attached hydrogens (tertiary/aromatic N) is 3. The predicted octanol–water partition coefficient (Wildman–Crippen LogP) is 2.09. The fraction of sp³-hybridized carbons (Fsp3) is 0.800. The van der Waals surface area contributed by atoms with Crippen LogP contribution in [0.2, 0.25) is 0 Å². The topological polar surface area (TPSA) is 47.1 Å². The summed E-state index contributed by atoms with van der Waals surface area (Å²) >= 11 is 0. The number of aryl methyl sites for hydroxylation is 2. The van der Waals surface area contributed by atoms with Crippen molar-refractivity contribution in [3.05, 3.63) is 17.5 Å². The van der Waals surface area contributed by atoms with Crippen molar-refractivity contribution in [1.82, 2.24) is 14.7 Å². The largest absolute Gasteiger partial charge is 0.329 e. The fourth-order valence-corrected chi connectivity index (χ4v) is 3.56. The number of aromatic nitrogens is 2. The molecule has 2 rings (SSSR count). The lowest BCUT2D eigenvalue weighted by Gasteiger charge is -2.45. The van der Waals surface area contributed by atoms with E-state index in [4.69, 9.17) is 5.73 Å². The lowest BCUT2D eigenvalue weighted by Crippen LogP contribution is -2.49. The van der Waals surface area contributed by atoms with E-state index >= 15 is 0 Å². The first-order chi connectivity index (χ1) is 8.93. The molecule has 2 N–H and O–H groups in total. The second-order valence-corrected chi connectivity index (χ2v) is 6.35. The van der Waals surface area contributed by atoms with Crippen LogP contribution in [0, 0.1) is 18.8 Å². The van der Waals surface area contributed by atoms with Crippen LogP contribution in [0.4, 0.5) is 0 Å². The van der Waals surface area contributed by atoms with E-state index in [0.717, 1.165) is 24.1 Å². The van der Waals surface area contributed by atoms with Gasteiger partial charge in [-0.3, -0.25) is 9.58 Å². The Labute approximate surface area is 117 Å². The molecule has 1 aliphatic heterocycles. The third kappa shape index (κ3) is 2.84. The van der Waals surface area contributed by atoms with E-state index in [0.29, 0.717) is 18.6 Å². The van der Waals surface area contributed by atoms with Gasteiger partial charge in [0.05, 0.1) is 11.7 Å². The SMILES string of the molecule is Cc1nn(C)cc1C(CN)N1CC(C)CC(C)C1C. The molecule has 0 aromatic carbocycles. The van der Waals surface area contributed by atoms with Crippen molar-refractivity contribution in [2.75, 3.05) is 13.1 Å². The second-order valence-electron chi connectivity index (χ2n) is 6.35. The highest BCUT2D eigenvalue weighted by atomic mass is 15.3. The molecule has 1 aliphatic rings. The zero-order valence-electron chi connectivity index (χ0n) is 12.9. The highest BCUT2D eigenvalue weighted by Gasteiger charge is 2.34. The van der Waals surface area contributed by atoms with Gasteiger partial charge in [0.15, 0.2) is 0 Å². The van der Waals surface area contributed by atoms with Crippen LogP contribution >= 0.6 is 0 Å². The van der Waals surface area contributed by atoms with E-state index in [9.17, 15) is 0 Å². The Hall–Kier alpha value is -0.870. The Balaban J connectivity index is 2.28. The summed E-state index contributed by atoms with van der Waals surface area (Å²) in [5, 5.41) is 4.47. The fourth-order valence-electron chi connectivity index (χ4n) is 3.56. The van der Waals surface area contributed by atoms with Gasteiger partial charge in [-0.15, -0.1) is 0 Å². The van der Waals surface area contributed by atoms with Gasteiger partial charge in [0, 0.05) is 37.9 Å². The Kier molecular flexibility index (Phi) is 4.31. The minimum Gasteiger partial charge on any atom is -0.329 e. The zero-order chi connectivity index (χ0) is 14.2. The summed E-state index contributed by atoms with van der Waals surface area (Å²) in [5.74, 6) is 1.48. The van der Waals surface area contributed by atoms with Gasteiger partial charge >= 0.3 is 0 Å². The van der Waals surface area contributed by atoms with Crippen LogP contribution in [0.25, 0.3) is 0 Å². The third-order valence-corrected chi connectivity index (χ3v) is 4.68. The van der Waals surface area contributed by atoms with Gasteiger partial charge in [-0.2, -0.15) is 5.10 Å². The second kappa shape index (κ2) is 5.63. The van der Waals surface area contributed by atoms with E-state index in [-0.39, 0.29) is 0 Å². The molecule has 4 heteroatoms. The summed E-state index contributed by atoms with van der Waals surface area (Å²) in [6, 6.07) is 0.887. The van der Waals surface area contributed by atoms with E-state index in [2.05, 4.69) is 43.9 Å². The minimum atomic E-state index is 0.300. The van der Waals surface area contributed by atoms with Gasteiger partial charge < -0.3 is 5.73 Å². The van der Waals surface area contributed by atoms with Crippen molar-refractivity contribution in [3.63, 3.8) is 0 Å². The normalized spacial score (nSPS) is 30.5. The van der Waals surface area contributed by atoms with E-state index < -0.39 is 0 Å². The van der Waals surface area contributed by atoms with E-state index in [1.807, 2.05) is 11.7 Å². The average Bonchev–Trinajstić information content (AvgIpc) is 2.65. The van der Waals surface area contributed by atoms with Crippen LogP contribution in [0.3, 0.4) is 0 Å². The van der Waals surface area contributed by atoms with Gasteiger partial charge in [-0.1, -0.05) is 13.8 Å². The van der Waals surface area contributed by atoms with Crippen LogP contribution in [0.5, 0.6) is 0 Å². The summed E-state index contributed by atoms with van der Waals surface area (Å²) in [5.41, 5.74) is 8.49. The van der Waals surface area contributed by atoms with Crippen LogP contribution in [-0.4, -0.2) is 33.8 Å². The Bertz CT molecular complexity index is 426. The molecule has 108 valence electrons. The molecule has 1 aromatic rings. The van der Waals surface area contributed by atoms with Crippen LogP contribution < -0.4 is 5.73 Å². The molecule has 0 saturated carbocycles. The first-order valence-corrected chi connectivity index (χ1v) is 7.40. The molecule has 0 radical (unpaired) electrons. The summed E-state index contributed by atoms with van der Waals surface area (Å²) in [6.45, 7) is 10.9. The molecule has 0 aliphatic carbocycles. The van der Waals surface area contributed by atoms with E-state index in [1.54, 1.807) is 0 Å². The molecule has 4 atom stereocenters. The lowest BCUT2D eigenvalue weighted by atomic mass is 9.84. The number of nitrogens with two attached hydrogens (primary N) is 1. The molecule has 19 heavy (non-hydrogen) atoms. The van der Waals surface area contributed by atoms with Crippen molar-refractivity contribution >= 4 is 0 Å².